The van der Waals surface area contributed by atoms with E-state index in [9.17, 15) is 9.59 Å². The topological polar surface area (TPSA) is 61.8 Å². The smallest absolute Gasteiger partial charge is 0.306 e. The van der Waals surface area contributed by atoms with Gasteiger partial charge in [-0.05, 0) is 116 Å². The van der Waals surface area contributed by atoms with Crippen molar-refractivity contribution >= 4 is 11.9 Å². The van der Waals surface area contributed by atoms with Gasteiger partial charge in [0, 0.05) is 19.4 Å². The van der Waals surface area contributed by atoms with Crippen LogP contribution < -0.4 is 0 Å². The molecule has 0 spiro atoms. The van der Waals surface area contributed by atoms with Crippen molar-refractivity contribution in [1.29, 1.82) is 0 Å². The lowest BCUT2D eigenvalue weighted by Crippen LogP contribution is -2.30. The van der Waals surface area contributed by atoms with E-state index in [1.807, 2.05) is 0 Å². The van der Waals surface area contributed by atoms with Crippen molar-refractivity contribution in [2.24, 2.45) is 0 Å². The number of hydrogen-bond donors (Lipinski definition) is 0. The Hall–Kier alpha value is -3.44. The molecular formula is C59H98O5. The van der Waals surface area contributed by atoms with Crippen molar-refractivity contribution in [3.8, 4) is 0 Å². The van der Waals surface area contributed by atoms with Crippen LogP contribution in [0.25, 0.3) is 0 Å². The second kappa shape index (κ2) is 53.9. The Morgan fingerprint density at radius 3 is 1.05 bits per heavy atom. The highest BCUT2D eigenvalue weighted by Gasteiger charge is 2.17. The molecular weight excluding hydrogens is 789 g/mol. The number of allylic oxidation sites excluding steroid dienone is 18. The third-order valence-corrected chi connectivity index (χ3v) is 10.8. The molecule has 0 bridgehead atoms. The van der Waals surface area contributed by atoms with Crippen molar-refractivity contribution in [3.05, 3.63) is 109 Å². The Kier molecular flexibility index (Phi) is 51.0. The molecule has 1 unspecified atom stereocenters. The van der Waals surface area contributed by atoms with E-state index in [1.165, 1.54) is 64.2 Å². The highest BCUT2D eigenvalue weighted by Crippen LogP contribution is 2.13. The summed E-state index contributed by atoms with van der Waals surface area (Å²) in [6.45, 7) is 7.44. The lowest BCUT2D eigenvalue weighted by molar-refractivity contribution is -0.163. The quantitative estimate of drug-likeness (QED) is 0.0346. The van der Waals surface area contributed by atoms with E-state index < -0.39 is 6.10 Å². The van der Waals surface area contributed by atoms with E-state index in [0.29, 0.717) is 19.4 Å². The van der Waals surface area contributed by atoms with Gasteiger partial charge < -0.3 is 14.2 Å². The molecule has 0 aromatic carbocycles. The van der Waals surface area contributed by atoms with Gasteiger partial charge in [0.05, 0.1) is 6.61 Å². The Morgan fingerprint density at radius 2 is 0.656 bits per heavy atom. The molecule has 5 heteroatoms. The largest absolute Gasteiger partial charge is 0.462 e. The first-order valence-corrected chi connectivity index (χ1v) is 26.4. The van der Waals surface area contributed by atoms with Gasteiger partial charge in [-0.1, -0.05) is 207 Å². The van der Waals surface area contributed by atoms with Crippen LogP contribution in [-0.4, -0.2) is 37.9 Å². The SMILES string of the molecule is CC/C=C\C/C=C\C/C=C\CCCCCCCCCC(=O)OCC(COCCCCCCCC/C=C\C/C=C\C/C=C\CC)OC(=O)CCCCCCC/C=C\C/C=C\C/C=C\CC. The van der Waals surface area contributed by atoms with Gasteiger partial charge in [0.25, 0.3) is 0 Å². The summed E-state index contributed by atoms with van der Waals surface area (Å²) in [6, 6.07) is 0. The molecule has 1 atom stereocenters. The van der Waals surface area contributed by atoms with Crippen molar-refractivity contribution in [2.75, 3.05) is 19.8 Å². The van der Waals surface area contributed by atoms with E-state index in [2.05, 4.69) is 130 Å². The van der Waals surface area contributed by atoms with Crippen LogP contribution in [0.5, 0.6) is 0 Å². The monoisotopic (exact) mass is 887 g/mol. The van der Waals surface area contributed by atoms with Gasteiger partial charge in [-0.15, -0.1) is 0 Å². The molecule has 0 aliphatic heterocycles. The number of ether oxygens (including phenoxy) is 3. The summed E-state index contributed by atoms with van der Waals surface area (Å²) in [4.78, 5) is 25.4. The maximum absolute atomic E-state index is 12.8. The second-order valence-electron chi connectivity index (χ2n) is 17.0. The molecule has 5 nitrogen and oxygen atoms in total. The van der Waals surface area contributed by atoms with Crippen LogP contribution in [0.15, 0.2) is 109 Å². The van der Waals surface area contributed by atoms with Gasteiger partial charge in [-0.25, -0.2) is 0 Å². The molecule has 0 aromatic rings. The molecule has 0 saturated heterocycles. The van der Waals surface area contributed by atoms with Crippen molar-refractivity contribution in [1.82, 2.24) is 0 Å². The number of unbranched alkanes of at least 4 members (excludes halogenated alkanes) is 18. The standard InChI is InChI=1S/C59H98O5/c1-4-7-10-13-16-19-22-25-28-30-32-34-37-40-43-46-49-52-58(60)63-56-57(55-62-54-51-48-45-42-39-36-33-29-26-23-20-17-14-11-8-5-2)64-59(61)53-50-47-44-41-38-35-31-27-24-21-18-15-12-9-6-3/h7-12,16-21,25-29,31,57H,4-6,13-15,22-24,30,32-56H2,1-3H3/b10-7-,11-8-,12-9-,19-16-,20-17-,21-18-,28-25-,29-26-,31-27-. The summed E-state index contributed by atoms with van der Waals surface area (Å²) < 4.78 is 17.4. The van der Waals surface area contributed by atoms with Crippen molar-refractivity contribution in [3.63, 3.8) is 0 Å². The molecule has 0 fully saturated rings. The first-order valence-electron chi connectivity index (χ1n) is 26.4. The lowest BCUT2D eigenvalue weighted by atomic mass is 10.1. The Labute approximate surface area is 395 Å². The summed E-state index contributed by atoms with van der Waals surface area (Å²) in [5.41, 5.74) is 0. The number of rotatable bonds is 47. The van der Waals surface area contributed by atoms with Gasteiger partial charge in [-0.2, -0.15) is 0 Å². The van der Waals surface area contributed by atoms with Gasteiger partial charge in [0.1, 0.15) is 6.61 Å². The zero-order chi connectivity index (χ0) is 46.3. The molecule has 0 radical (unpaired) electrons. The molecule has 0 aromatic heterocycles. The summed E-state index contributed by atoms with van der Waals surface area (Å²) in [5, 5.41) is 0. The minimum Gasteiger partial charge on any atom is -0.462 e. The van der Waals surface area contributed by atoms with E-state index in [0.717, 1.165) is 128 Å². The fraction of sp³-hybridized carbons (Fsp3) is 0.661. The summed E-state index contributed by atoms with van der Waals surface area (Å²) in [6.07, 6.45) is 73.8. The summed E-state index contributed by atoms with van der Waals surface area (Å²) >= 11 is 0. The highest BCUT2D eigenvalue weighted by molar-refractivity contribution is 5.70. The molecule has 0 aliphatic rings. The fourth-order valence-corrected chi connectivity index (χ4v) is 6.96. The maximum atomic E-state index is 12.8. The third-order valence-electron chi connectivity index (χ3n) is 10.8. The predicted molar refractivity (Wildman–Crippen MR) is 279 cm³/mol. The van der Waals surface area contributed by atoms with Gasteiger partial charge >= 0.3 is 11.9 Å². The lowest BCUT2D eigenvalue weighted by Gasteiger charge is -2.18. The molecule has 0 aliphatic carbocycles. The molecule has 64 heavy (non-hydrogen) atoms. The van der Waals surface area contributed by atoms with Crippen LogP contribution in [0.3, 0.4) is 0 Å². The number of carbonyl (C=O) groups excluding carboxylic acids is 2. The maximum Gasteiger partial charge on any atom is 0.306 e. The van der Waals surface area contributed by atoms with E-state index in [4.69, 9.17) is 14.2 Å². The number of carbonyl (C=O) groups is 2. The van der Waals surface area contributed by atoms with Gasteiger partial charge in [0.15, 0.2) is 6.10 Å². The van der Waals surface area contributed by atoms with Crippen LogP contribution in [0.1, 0.15) is 226 Å². The van der Waals surface area contributed by atoms with Crippen LogP contribution in [0.2, 0.25) is 0 Å². The van der Waals surface area contributed by atoms with Gasteiger partial charge in [0.2, 0.25) is 0 Å². The van der Waals surface area contributed by atoms with Crippen LogP contribution >= 0.6 is 0 Å². The molecule has 0 N–H and O–H groups in total. The Bertz CT molecular complexity index is 1280. The molecule has 0 rings (SSSR count). The zero-order valence-electron chi connectivity index (χ0n) is 41.8. The van der Waals surface area contributed by atoms with Crippen molar-refractivity contribution < 1.29 is 23.8 Å². The van der Waals surface area contributed by atoms with Crippen LogP contribution in [-0.2, 0) is 23.8 Å². The Morgan fingerprint density at radius 1 is 0.344 bits per heavy atom. The first-order chi connectivity index (χ1) is 31.6. The van der Waals surface area contributed by atoms with E-state index in [1.54, 1.807) is 0 Å². The molecule has 364 valence electrons. The van der Waals surface area contributed by atoms with E-state index in [-0.39, 0.29) is 25.2 Å². The summed E-state index contributed by atoms with van der Waals surface area (Å²) in [5.74, 6) is -0.440. The van der Waals surface area contributed by atoms with Crippen molar-refractivity contribution in [2.45, 2.75) is 232 Å². The highest BCUT2D eigenvalue weighted by atomic mass is 16.6. The minimum atomic E-state index is -0.563. The van der Waals surface area contributed by atoms with E-state index >= 15 is 0 Å². The zero-order valence-corrected chi connectivity index (χ0v) is 41.8. The number of esters is 2. The predicted octanol–water partition coefficient (Wildman–Crippen LogP) is 18.0. The van der Waals surface area contributed by atoms with Crippen LogP contribution in [0, 0.1) is 0 Å². The number of hydrogen-bond acceptors (Lipinski definition) is 5. The molecule has 0 amide bonds. The average molecular weight is 887 g/mol. The Balaban J connectivity index is 4.36. The first kappa shape index (κ1) is 60.6. The molecule has 0 heterocycles. The molecule has 0 saturated carbocycles. The van der Waals surface area contributed by atoms with Gasteiger partial charge in [-0.3, -0.25) is 9.59 Å². The normalized spacial score (nSPS) is 13.1. The summed E-state index contributed by atoms with van der Waals surface area (Å²) in [7, 11) is 0. The van der Waals surface area contributed by atoms with Crippen LogP contribution in [0.4, 0.5) is 0 Å². The fourth-order valence-electron chi connectivity index (χ4n) is 6.96. The second-order valence-corrected chi connectivity index (χ2v) is 17.0. The minimum absolute atomic E-state index is 0.0614. The third kappa shape index (κ3) is 51.2. The average Bonchev–Trinajstić information content (AvgIpc) is 3.30.